The van der Waals surface area contributed by atoms with Gasteiger partial charge in [-0.25, -0.2) is 0 Å². The Bertz CT molecular complexity index is 201. The Balaban J connectivity index is 0.000000671. The van der Waals surface area contributed by atoms with Crippen LogP contribution in [-0.2, 0) is 0 Å². The fourth-order valence-electron chi connectivity index (χ4n) is 1.36. The first kappa shape index (κ1) is 11.9. The molecule has 1 unspecified atom stereocenters. The predicted molar refractivity (Wildman–Crippen MR) is 53.2 cm³/mol. The highest BCUT2D eigenvalue weighted by molar-refractivity contribution is 5.14. The minimum atomic E-state index is 1.27. The standard InChI is InChI=1S/C10H17N.CN/c1-3-4-5-7-11-8-6-10(2)9-11;1-2/h6,8-9H,3-5,7H2,1-2H3;/q;-1/p+1. The molecule has 1 heterocycles. The number of rotatable bonds is 4. The van der Waals surface area contributed by atoms with Crippen molar-refractivity contribution in [2.24, 2.45) is 0 Å². The predicted octanol–water partition coefficient (Wildman–Crippen LogP) is 1.59. The third kappa shape index (κ3) is 5.21. The van der Waals surface area contributed by atoms with E-state index >= 15 is 0 Å². The highest BCUT2D eigenvalue weighted by Gasteiger charge is 2.06. The Morgan fingerprint density at radius 2 is 2.08 bits per heavy atom. The van der Waals surface area contributed by atoms with E-state index in [1.807, 2.05) is 0 Å². The first-order chi connectivity index (χ1) is 6.33. The molecule has 2 heteroatoms. The van der Waals surface area contributed by atoms with E-state index in [1.165, 1.54) is 36.3 Å². The monoisotopic (exact) mass is 178 g/mol. The molecule has 0 spiro atoms. The number of quaternary nitrogens is 1. The lowest BCUT2D eigenvalue weighted by Crippen LogP contribution is -3.01. The molecule has 0 aromatic heterocycles. The summed E-state index contributed by atoms with van der Waals surface area (Å²) in [6.45, 7) is 10.4. The lowest BCUT2D eigenvalue weighted by molar-refractivity contribution is -0.788. The van der Waals surface area contributed by atoms with Gasteiger partial charge in [-0.05, 0) is 25.8 Å². The molecule has 0 saturated carbocycles. The maximum absolute atomic E-state index is 6.25. The molecular weight excluding hydrogens is 160 g/mol. The summed E-state index contributed by atoms with van der Waals surface area (Å²) in [6, 6.07) is 0. The fourth-order valence-corrected chi connectivity index (χ4v) is 1.36. The normalized spacial score (nSPS) is 19.1. The molecule has 13 heavy (non-hydrogen) atoms. The van der Waals surface area contributed by atoms with Gasteiger partial charge in [0, 0.05) is 5.57 Å². The van der Waals surface area contributed by atoms with Crippen LogP contribution in [0.3, 0.4) is 0 Å². The van der Waals surface area contributed by atoms with Gasteiger partial charge in [0.05, 0.1) is 12.7 Å². The molecule has 0 aliphatic carbocycles. The molecule has 0 radical (unpaired) electrons. The molecule has 0 bridgehead atoms. The van der Waals surface area contributed by atoms with Gasteiger partial charge >= 0.3 is 0 Å². The molecular formula is C11H18N2. The number of nitrogens with one attached hydrogen (secondary N) is 1. The van der Waals surface area contributed by atoms with Crippen LogP contribution in [0.25, 0.3) is 0 Å². The molecule has 2 nitrogen and oxygen atoms in total. The zero-order valence-electron chi connectivity index (χ0n) is 8.51. The summed E-state index contributed by atoms with van der Waals surface area (Å²) in [4.78, 5) is 1.51. The summed E-state index contributed by atoms with van der Waals surface area (Å²) in [5.41, 5.74) is 1.40. The van der Waals surface area contributed by atoms with Crippen molar-refractivity contribution in [2.45, 2.75) is 33.1 Å². The summed E-state index contributed by atoms with van der Waals surface area (Å²) >= 11 is 0. The van der Waals surface area contributed by atoms with Gasteiger partial charge in [0.25, 0.3) is 0 Å². The van der Waals surface area contributed by atoms with E-state index in [2.05, 4.69) is 32.3 Å². The summed E-state index contributed by atoms with van der Waals surface area (Å²) < 4.78 is 0. The van der Waals surface area contributed by atoms with Gasteiger partial charge in [0.15, 0.2) is 0 Å². The summed E-state index contributed by atoms with van der Waals surface area (Å²) in [6.07, 6.45) is 10.8. The maximum Gasteiger partial charge on any atom is 0.102 e. The lowest BCUT2D eigenvalue weighted by atomic mass is 10.2. The van der Waals surface area contributed by atoms with E-state index in [0.29, 0.717) is 0 Å². The van der Waals surface area contributed by atoms with Gasteiger partial charge in [-0.1, -0.05) is 13.3 Å². The van der Waals surface area contributed by atoms with E-state index in [9.17, 15) is 0 Å². The fraction of sp³-hybridized carbons (Fsp3) is 0.545. The molecule has 1 aliphatic rings. The van der Waals surface area contributed by atoms with E-state index in [1.54, 1.807) is 0 Å². The molecule has 1 N–H and O–H groups in total. The molecule has 1 rings (SSSR count). The summed E-state index contributed by atoms with van der Waals surface area (Å²) in [5, 5.41) is 6.25. The Morgan fingerprint density at radius 3 is 2.54 bits per heavy atom. The highest BCUT2D eigenvalue weighted by atomic mass is 15.1. The average Bonchev–Trinajstić information content (AvgIpc) is 2.56. The minimum Gasteiger partial charge on any atom is -0.512 e. The molecule has 0 saturated heterocycles. The van der Waals surface area contributed by atoms with Crippen LogP contribution >= 0.6 is 0 Å². The van der Waals surface area contributed by atoms with Gasteiger partial charge in [0.1, 0.15) is 6.20 Å². The molecule has 72 valence electrons. The lowest BCUT2D eigenvalue weighted by Gasteiger charge is -2.04. The van der Waals surface area contributed by atoms with E-state index < -0.39 is 0 Å². The SMILES string of the molecule is CCCCC[NH+]1C=CC(C)=C1.[C-]#N. The van der Waals surface area contributed by atoms with Gasteiger partial charge in [-0.15, -0.1) is 0 Å². The molecule has 0 amide bonds. The Labute approximate surface area is 81.2 Å². The molecule has 0 aromatic rings. The first-order valence-electron chi connectivity index (χ1n) is 4.77. The van der Waals surface area contributed by atoms with E-state index in [0.717, 1.165) is 0 Å². The number of hydrogen-bond acceptors (Lipinski definition) is 1. The molecule has 1 aliphatic heterocycles. The number of hydrogen-bond donors (Lipinski definition) is 1. The van der Waals surface area contributed by atoms with Crippen molar-refractivity contribution >= 4 is 0 Å². The van der Waals surface area contributed by atoms with Crippen LogP contribution in [-0.4, -0.2) is 6.54 Å². The largest absolute Gasteiger partial charge is 0.512 e. The summed E-state index contributed by atoms with van der Waals surface area (Å²) in [7, 11) is 0. The number of unbranched alkanes of at least 4 members (excludes halogenated alkanes) is 2. The van der Waals surface area contributed by atoms with Gasteiger partial charge in [0.2, 0.25) is 0 Å². The van der Waals surface area contributed by atoms with E-state index in [4.69, 9.17) is 11.8 Å². The Kier molecular flexibility index (Phi) is 6.95. The van der Waals surface area contributed by atoms with Crippen molar-refractivity contribution < 1.29 is 4.90 Å². The second-order valence-electron chi connectivity index (χ2n) is 3.25. The van der Waals surface area contributed by atoms with Crippen LogP contribution < -0.4 is 4.90 Å². The maximum atomic E-state index is 6.25. The van der Waals surface area contributed by atoms with Crippen molar-refractivity contribution in [3.05, 3.63) is 30.6 Å². The van der Waals surface area contributed by atoms with Crippen molar-refractivity contribution in [2.75, 3.05) is 6.54 Å². The van der Waals surface area contributed by atoms with Crippen molar-refractivity contribution in [1.29, 1.82) is 5.26 Å². The quantitative estimate of drug-likeness (QED) is 0.514. The van der Waals surface area contributed by atoms with Crippen LogP contribution in [0.4, 0.5) is 0 Å². The Hall–Kier alpha value is -1.07. The third-order valence-electron chi connectivity index (χ3n) is 2.04. The number of allylic oxidation sites excluding steroid dienone is 2. The van der Waals surface area contributed by atoms with Crippen LogP contribution in [0, 0.1) is 11.8 Å². The van der Waals surface area contributed by atoms with Gasteiger partial charge in [-0.3, -0.25) is 4.90 Å². The van der Waals surface area contributed by atoms with Crippen molar-refractivity contribution in [3.63, 3.8) is 0 Å². The molecule has 1 atom stereocenters. The third-order valence-corrected chi connectivity index (χ3v) is 2.04. The number of nitrogens with zero attached hydrogens (tertiary/aromatic N) is 1. The highest BCUT2D eigenvalue weighted by Crippen LogP contribution is 1.95. The van der Waals surface area contributed by atoms with E-state index in [-0.39, 0.29) is 0 Å². The summed E-state index contributed by atoms with van der Waals surface area (Å²) in [5.74, 6) is 0. The Morgan fingerprint density at radius 1 is 1.38 bits per heavy atom. The second-order valence-corrected chi connectivity index (χ2v) is 3.25. The van der Waals surface area contributed by atoms with Gasteiger partial charge in [-0.2, -0.15) is 0 Å². The first-order valence-corrected chi connectivity index (χ1v) is 4.77. The van der Waals surface area contributed by atoms with Crippen molar-refractivity contribution in [1.82, 2.24) is 0 Å². The average molecular weight is 178 g/mol. The zero-order valence-corrected chi connectivity index (χ0v) is 8.51. The van der Waals surface area contributed by atoms with Crippen LogP contribution in [0.5, 0.6) is 0 Å². The van der Waals surface area contributed by atoms with Crippen LogP contribution in [0.15, 0.2) is 24.0 Å². The minimum absolute atomic E-state index is 1.27. The van der Waals surface area contributed by atoms with Crippen LogP contribution in [0.2, 0.25) is 0 Å². The van der Waals surface area contributed by atoms with Crippen LogP contribution in [0.1, 0.15) is 33.1 Å². The molecule has 0 aromatic carbocycles. The topological polar surface area (TPSA) is 28.2 Å². The smallest absolute Gasteiger partial charge is 0.102 e. The zero-order chi connectivity index (χ0) is 10.1. The second kappa shape index (κ2) is 7.57. The van der Waals surface area contributed by atoms with Gasteiger partial charge < -0.3 is 11.8 Å². The molecule has 0 fully saturated rings. The van der Waals surface area contributed by atoms with Crippen molar-refractivity contribution in [3.8, 4) is 0 Å².